The first kappa shape index (κ1) is 19.9. The molecule has 10 nitrogen and oxygen atoms in total. The van der Waals surface area contributed by atoms with Crippen LogP contribution in [0.4, 0.5) is 0 Å². The summed E-state index contributed by atoms with van der Waals surface area (Å²) in [6.07, 6.45) is 0.222. The minimum Gasteiger partial charge on any atom is -0.379 e. The maximum atomic E-state index is 11.2. The van der Waals surface area contributed by atoms with Crippen molar-refractivity contribution in [1.29, 1.82) is 0 Å². The standard InChI is InChI=1S/C9H13N2O4P.H4NO3P/c10-8(9(12)15-16(11,13)14)6-7-4-2-1-3-5-7;1-5(2,3)4/h1-5,8H,6,10H2,(H3,11,13,14);(H4,1,2,3,4)/t8-;/m0./s1. The van der Waals surface area contributed by atoms with Crippen LogP contribution < -0.4 is 16.7 Å². The molecule has 0 bridgehead atoms. The molecule has 0 aliphatic heterocycles. The highest BCUT2D eigenvalue weighted by Crippen LogP contribution is 2.31. The number of benzene rings is 1. The molecule has 1 aromatic carbocycles. The van der Waals surface area contributed by atoms with Crippen LogP contribution in [-0.2, 0) is 24.9 Å². The van der Waals surface area contributed by atoms with Crippen molar-refractivity contribution >= 4 is 21.5 Å². The maximum absolute atomic E-state index is 11.2. The first-order valence-corrected chi connectivity index (χ1v) is 8.70. The molecule has 12 heteroatoms. The Hall–Kier alpha value is -1.09. The van der Waals surface area contributed by atoms with Gasteiger partial charge in [-0.3, -0.25) is 0 Å². The lowest BCUT2D eigenvalue weighted by atomic mass is 10.1. The number of hydrogen-bond acceptors (Lipinski definition) is 5. The van der Waals surface area contributed by atoms with E-state index in [4.69, 9.17) is 25.0 Å². The zero-order valence-electron chi connectivity index (χ0n) is 10.8. The summed E-state index contributed by atoms with van der Waals surface area (Å²) in [5.74, 6) is -0.989. The number of nitrogens with two attached hydrogens (primary N) is 3. The lowest BCUT2D eigenvalue weighted by Crippen LogP contribution is -2.34. The van der Waals surface area contributed by atoms with E-state index in [2.05, 4.69) is 15.5 Å². The Morgan fingerprint density at radius 1 is 1.14 bits per heavy atom. The molecular weight excluding hydrogens is 324 g/mol. The monoisotopic (exact) mass is 341 g/mol. The summed E-state index contributed by atoms with van der Waals surface area (Å²) >= 11 is 0. The number of hydrogen-bond donors (Lipinski definition) is 6. The third-order valence-electron chi connectivity index (χ3n) is 1.82. The quantitative estimate of drug-likeness (QED) is 0.376. The van der Waals surface area contributed by atoms with Crippen molar-refractivity contribution in [2.45, 2.75) is 12.5 Å². The van der Waals surface area contributed by atoms with Gasteiger partial charge in [-0.2, -0.15) is 0 Å². The van der Waals surface area contributed by atoms with Crippen LogP contribution in [0.2, 0.25) is 0 Å². The first-order valence-electron chi connectivity index (χ1n) is 5.37. The van der Waals surface area contributed by atoms with Crippen LogP contribution in [0.1, 0.15) is 5.56 Å². The number of carbonyl (C=O) groups is 1. The van der Waals surface area contributed by atoms with E-state index in [1.807, 2.05) is 6.07 Å². The Bertz CT molecular complexity index is 533. The van der Waals surface area contributed by atoms with E-state index >= 15 is 0 Å². The third-order valence-corrected chi connectivity index (χ3v) is 2.26. The zero-order valence-corrected chi connectivity index (χ0v) is 12.6. The molecule has 0 heterocycles. The molecule has 0 aliphatic carbocycles. The van der Waals surface area contributed by atoms with E-state index in [0.717, 1.165) is 5.56 Å². The van der Waals surface area contributed by atoms with Gasteiger partial charge in [0.25, 0.3) is 0 Å². The molecule has 0 amide bonds. The van der Waals surface area contributed by atoms with E-state index in [-0.39, 0.29) is 6.42 Å². The van der Waals surface area contributed by atoms with E-state index in [1.165, 1.54) is 0 Å². The van der Waals surface area contributed by atoms with Crippen LogP contribution in [0.25, 0.3) is 0 Å². The van der Waals surface area contributed by atoms with Gasteiger partial charge in [-0.05, 0) is 12.0 Å². The fourth-order valence-corrected chi connectivity index (χ4v) is 1.54. The summed E-state index contributed by atoms with van der Waals surface area (Å²) in [5, 5.41) is 0. The average molecular weight is 341 g/mol. The molecule has 0 aliphatic rings. The summed E-state index contributed by atoms with van der Waals surface area (Å²) in [6.45, 7) is 0. The molecule has 2 atom stereocenters. The van der Waals surface area contributed by atoms with Crippen molar-refractivity contribution in [3.05, 3.63) is 35.9 Å². The SMILES string of the molecule is NP(=O)(O)O.N[C@@H](Cc1ccccc1)C(=O)OP(N)(=O)O. The Labute approximate surface area is 120 Å². The summed E-state index contributed by atoms with van der Waals surface area (Å²) in [4.78, 5) is 34.7. The molecule has 0 aromatic heterocycles. The molecule has 0 saturated carbocycles. The molecular formula is C9H17N3O7P2. The number of rotatable bonds is 4. The van der Waals surface area contributed by atoms with Gasteiger partial charge in [-0.25, -0.2) is 24.9 Å². The van der Waals surface area contributed by atoms with Gasteiger partial charge in [0.15, 0.2) is 0 Å². The molecule has 1 unspecified atom stereocenters. The van der Waals surface area contributed by atoms with Gasteiger partial charge in [-0.15, -0.1) is 0 Å². The molecule has 120 valence electrons. The minimum absolute atomic E-state index is 0.222. The summed E-state index contributed by atoms with van der Waals surface area (Å²) in [5.41, 5.74) is 15.0. The Morgan fingerprint density at radius 3 is 1.95 bits per heavy atom. The molecule has 1 aromatic rings. The largest absolute Gasteiger partial charge is 0.455 e. The zero-order chi connectivity index (χ0) is 16.7. The predicted molar refractivity (Wildman–Crippen MR) is 74.5 cm³/mol. The fraction of sp³-hybridized carbons (Fsp3) is 0.222. The topological polar surface area (TPSA) is 199 Å². The smallest absolute Gasteiger partial charge is 0.379 e. The minimum atomic E-state index is -4.31. The first-order chi connectivity index (χ1) is 9.38. The molecule has 0 saturated heterocycles. The van der Waals surface area contributed by atoms with Crippen LogP contribution in [-0.4, -0.2) is 26.7 Å². The average Bonchev–Trinajstić information content (AvgIpc) is 2.25. The van der Waals surface area contributed by atoms with Gasteiger partial charge < -0.3 is 24.9 Å². The van der Waals surface area contributed by atoms with Crippen LogP contribution in [0, 0.1) is 0 Å². The summed E-state index contributed by atoms with van der Waals surface area (Å²) in [6, 6.07) is 7.99. The van der Waals surface area contributed by atoms with Gasteiger partial charge in [0.1, 0.15) is 6.04 Å². The number of carbonyl (C=O) groups excluding carboxylic acids is 1. The molecule has 0 radical (unpaired) electrons. The van der Waals surface area contributed by atoms with Crippen LogP contribution in [0.5, 0.6) is 0 Å². The van der Waals surface area contributed by atoms with Crippen molar-refractivity contribution in [2.75, 3.05) is 0 Å². The lowest BCUT2D eigenvalue weighted by Gasteiger charge is -2.12. The predicted octanol–water partition coefficient (Wildman–Crippen LogP) is -0.804. The highest BCUT2D eigenvalue weighted by atomic mass is 31.2. The normalized spacial score (nSPS) is 15.1. The summed E-state index contributed by atoms with van der Waals surface area (Å²) in [7, 11) is -8.45. The van der Waals surface area contributed by atoms with E-state index < -0.39 is 27.5 Å². The van der Waals surface area contributed by atoms with E-state index in [0.29, 0.717) is 0 Å². The van der Waals surface area contributed by atoms with Gasteiger partial charge >= 0.3 is 21.5 Å². The molecule has 9 N–H and O–H groups in total. The van der Waals surface area contributed by atoms with Crippen molar-refractivity contribution in [3.63, 3.8) is 0 Å². The molecule has 0 spiro atoms. The molecule has 0 fully saturated rings. The van der Waals surface area contributed by atoms with Crippen molar-refractivity contribution < 1.29 is 33.1 Å². The highest BCUT2D eigenvalue weighted by molar-refractivity contribution is 7.50. The second-order valence-corrected chi connectivity index (χ2v) is 6.35. The van der Waals surface area contributed by atoms with Gasteiger partial charge in [0, 0.05) is 0 Å². The van der Waals surface area contributed by atoms with Gasteiger partial charge in [-0.1, -0.05) is 30.3 Å². The van der Waals surface area contributed by atoms with Crippen LogP contribution in [0.15, 0.2) is 30.3 Å². The van der Waals surface area contributed by atoms with Gasteiger partial charge in [0.05, 0.1) is 0 Å². The van der Waals surface area contributed by atoms with Gasteiger partial charge in [0.2, 0.25) is 0 Å². The van der Waals surface area contributed by atoms with Crippen LogP contribution in [0.3, 0.4) is 0 Å². The second-order valence-electron chi connectivity index (χ2n) is 3.86. The third kappa shape index (κ3) is 13.6. The molecule has 1 rings (SSSR count). The lowest BCUT2D eigenvalue weighted by molar-refractivity contribution is -0.136. The Kier molecular flexibility index (Phi) is 7.94. The fourth-order valence-electron chi connectivity index (χ4n) is 1.15. The Morgan fingerprint density at radius 2 is 1.57 bits per heavy atom. The highest BCUT2D eigenvalue weighted by Gasteiger charge is 2.23. The second kappa shape index (κ2) is 8.38. The Balaban J connectivity index is 0.000000690. The van der Waals surface area contributed by atoms with Crippen molar-refractivity contribution in [1.82, 2.24) is 0 Å². The van der Waals surface area contributed by atoms with E-state index in [9.17, 15) is 9.36 Å². The van der Waals surface area contributed by atoms with E-state index in [1.54, 1.807) is 24.3 Å². The molecule has 21 heavy (non-hydrogen) atoms. The van der Waals surface area contributed by atoms with Crippen LogP contribution >= 0.6 is 15.5 Å². The maximum Gasteiger partial charge on any atom is 0.455 e. The van der Waals surface area contributed by atoms with Crippen molar-refractivity contribution in [3.8, 4) is 0 Å². The summed E-state index contributed by atoms with van der Waals surface area (Å²) < 4.78 is 23.8. The van der Waals surface area contributed by atoms with Crippen molar-refractivity contribution in [2.24, 2.45) is 16.7 Å².